The van der Waals surface area contributed by atoms with Crippen molar-refractivity contribution in [3.8, 4) is 5.75 Å². The number of nitrogens with zero attached hydrogens (tertiary/aromatic N) is 6. The summed E-state index contributed by atoms with van der Waals surface area (Å²) in [6.45, 7) is 3.33. The Morgan fingerprint density at radius 3 is 2.90 bits per heavy atom. The van der Waals surface area contributed by atoms with Gasteiger partial charge >= 0.3 is 0 Å². The molecule has 7 nitrogen and oxygen atoms in total. The highest BCUT2D eigenvalue weighted by Gasteiger charge is 2.06. The van der Waals surface area contributed by atoms with E-state index >= 15 is 0 Å². The van der Waals surface area contributed by atoms with Gasteiger partial charge in [-0.05, 0) is 41.1 Å². The molecule has 0 bridgehead atoms. The fraction of sp³-hybridized carbons (Fsp3) is 0.286. The van der Waals surface area contributed by atoms with Gasteiger partial charge in [-0.2, -0.15) is 0 Å². The lowest BCUT2D eigenvalue weighted by Gasteiger charge is -2.18. The summed E-state index contributed by atoms with van der Waals surface area (Å²) in [7, 11) is 1.96. The molecule has 0 unspecified atom stereocenters. The number of para-hydroxylation sites is 1. The maximum atomic E-state index is 5.78. The molecule has 108 valence electrons. The molecule has 0 aliphatic rings. The Morgan fingerprint density at radius 1 is 1.19 bits per heavy atom. The molecule has 0 N–H and O–H groups in total. The van der Waals surface area contributed by atoms with Gasteiger partial charge in [0.2, 0.25) is 0 Å². The van der Waals surface area contributed by atoms with Crippen LogP contribution < -0.4 is 9.64 Å². The summed E-state index contributed by atoms with van der Waals surface area (Å²) in [5.41, 5.74) is 1.76. The highest BCUT2D eigenvalue weighted by molar-refractivity contribution is 5.43. The summed E-state index contributed by atoms with van der Waals surface area (Å²) < 4.78 is 7.20. The summed E-state index contributed by atoms with van der Waals surface area (Å²) in [4.78, 5) is 2.00. The summed E-state index contributed by atoms with van der Waals surface area (Å²) in [6, 6.07) is 11.7. The number of likely N-dealkylation sites (N-methyl/N-ethyl adjacent to an activating group) is 1. The van der Waals surface area contributed by atoms with Crippen molar-refractivity contribution in [2.45, 2.75) is 6.92 Å². The number of aryl methyl sites for hydroxylation is 1. The summed E-state index contributed by atoms with van der Waals surface area (Å²) in [5.74, 6) is 1.71. The molecule has 0 saturated heterocycles. The predicted octanol–water partition coefficient (Wildman–Crippen LogP) is 1.34. The van der Waals surface area contributed by atoms with E-state index in [1.807, 2.05) is 55.3 Å². The van der Waals surface area contributed by atoms with Gasteiger partial charge in [0.15, 0.2) is 11.5 Å². The van der Waals surface area contributed by atoms with Crippen LogP contribution in [0.4, 0.5) is 5.82 Å². The molecule has 0 saturated carbocycles. The molecule has 3 aromatic rings. The Kier molecular flexibility index (Phi) is 3.63. The number of aromatic nitrogens is 5. The molecule has 0 fully saturated rings. The second-order valence-corrected chi connectivity index (χ2v) is 4.75. The summed E-state index contributed by atoms with van der Waals surface area (Å²) >= 11 is 0. The number of anilines is 1. The van der Waals surface area contributed by atoms with Gasteiger partial charge in [-0.15, -0.1) is 14.8 Å². The van der Waals surface area contributed by atoms with Gasteiger partial charge in [-0.25, -0.2) is 0 Å². The van der Waals surface area contributed by atoms with Crippen LogP contribution in [0.2, 0.25) is 0 Å². The Labute approximate surface area is 122 Å². The van der Waals surface area contributed by atoms with Crippen LogP contribution in [-0.2, 0) is 0 Å². The average Bonchev–Trinajstić information content (AvgIpc) is 2.96. The van der Waals surface area contributed by atoms with E-state index in [1.54, 1.807) is 0 Å². The van der Waals surface area contributed by atoms with E-state index < -0.39 is 0 Å². The number of rotatable bonds is 5. The maximum Gasteiger partial charge on any atom is 0.200 e. The first kappa shape index (κ1) is 13.3. The molecule has 0 radical (unpaired) electrons. The first-order chi connectivity index (χ1) is 10.2. The van der Waals surface area contributed by atoms with Gasteiger partial charge in [0.05, 0.1) is 6.54 Å². The number of hydrogen-bond acceptors (Lipinski definition) is 6. The molecule has 21 heavy (non-hydrogen) atoms. The minimum atomic E-state index is 0.580. The van der Waals surface area contributed by atoms with Crippen LogP contribution in [0.1, 0.15) is 5.56 Å². The van der Waals surface area contributed by atoms with Gasteiger partial charge in [0.25, 0.3) is 0 Å². The Balaban J connectivity index is 1.61. The predicted molar refractivity (Wildman–Crippen MR) is 78.5 cm³/mol. The summed E-state index contributed by atoms with van der Waals surface area (Å²) in [6.07, 6.45) is 0. The maximum absolute atomic E-state index is 5.78. The van der Waals surface area contributed by atoms with Crippen molar-refractivity contribution in [3.63, 3.8) is 0 Å². The van der Waals surface area contributed by atoms with Gasteiger partial charge in [-0.1, -0.05) is 18.2 Å². The second kappa shape index (κ2) is 5.74. The van der Waals surface area contributed by atoms with E-state index in [0.717, 1.165) is 23.7 Å². The van der Waals surface area contributed by atoms with E-state index in [2.05, 4.69) is 20.6 Å². The van der Waals surface area contributed by atoms with Crippen molar-refractivity contribution in [2.24, 2.45) is 0 Å². The zero-order chi connectivity index (χ0) is 14.7. The molecule has 0 amide bonds. The van der Waals surface area contributed by atoms with E-state index in [0.29, 0.717) is 12.3 Å². The molecule has 3 rings (SSSR count). The molecule has 0 spiro atoms. The van der Waals surface area contributed by atoms with Crippen LogP contribution in [0.5, 0.6) is 5.75 Å². The number of benzene rings is 1. The van der Waals surface area contributed by atoms with Crippen molar-refractivity contribution in [1.29, 1.82) is 0 Å². The number of hydrogen-bond donors (Lipinski definition) is 0. The zero-order valence-corrected chi connectivity index (χ0v) is 12.0. The fourth-order valence-corrected chi connectivity index (χ4v) is 1.97. The molecule has 2 aromatic heterocycles. The molecule has 7 heteroatoms. The fourth-order valence-electron chi connectivity index (χ4n) is 1.97. The van der Waals surface area contributed by atoms with E-state index in [4.69, 9.17) is 4.74 Å². The van der Waals surface area contributed by atoms with E-state index in [-0.39, 0.29) is 0 Å². The number of tetrazole rings is 1. The van der Waals surface area contributed by atoms with Crippen LogP contribution in [0.25, 0.3) is 5.65 Å². The minimum Gasteiger partial charge on any atom is -0.491 e. The van der Waals surface area contributed by atoms with E-state index in [9.17, 15) is 0 Å². The molecule has 0 aliphatic heterocycles. The van der Waals surface area contributed by atoms with Crippen LogP contribution in [0, 0.1) is 6.92 Å². The normalized spacial score (nSPS) is 10.8. The topological polar surface area (TPSA) is 68.4 Å². The van der Waals surface area contributed by atoms with Gasteiger partial charge < -0.3 is 9.64 Å². The number of ether oxygens (including phenoxy) is 1. The van der Waals surface area contributed by atoms with Crippen molar-refractivity contribution >= 4 is 11.5 Å². The van der Waals surface area contributed by atoms with Crippen molar-refractivity contribution in [1.82, 2.24) is 25.3 Å². The largest absolute Gasteiger partial charge is 0.491 e. The van der Waals surface area contributed by atoms with Crippen molar-refractivity contribution < 1.29 is 4.74 Å². The van der Waals surface area contributed by atoms with Crippen LogP contribution >= 0.6 is 0 Å². The lowest BCUT2D eigenvalue weighted by atomic mass is 10.2. The lowest BCUT2D eigenvalue weighted by Crippen LogP contribution is -2.25. The first-order valence-corrected chi connectivity index (χ1v) is 6.69. The van der Waals surface area contributed by atoms with Crippen LogP contribution in [0.3, 0.4) is 0 Å². The van der Waals surface area contributed by atoms with Gasteiger partial charge in [0.1, 0.15) is 12.4 Å². The SMILES string of the molecule is Cc1ccccc1OCCN(C)c1ccc2nnnn2n1. The van der Waals surface area contributed by atoms with Crippen LogP contribution in [0.15, 0.2) is 36.4 Å². The first-order valence-electron chi connectivity index (χ1n) is 6.69. The van der Waals surface area contributed by atoms with E-state index in [1.165, 1.54) is 4.63 Å². The smallest absolute Gasteiger partial charge is 0.200 e. The van der Waals surface area contributed by atoms with Gasteiger partial charge in [-0.3, -0.25) is 0 Å². The molecular formula is C14H16N6O. The quantitative estimate of drug-likeness (QED) is 0.704. The number of fused-ring (bicyclic) bond motifs is 1. The molecule has 0 aliphatic carbocycles. The standard InChI is InChI=1S/C14H16N6O/c1-11-5-3-4-6-12(11)21-10-9-19(2)14-8-7-13-15-17-18-20(13)16-14/h3-8H,9-10H2,1-2H3. The lowest BCUT2D eigenvalue weighted by molar-refractivity contribution is 0.323. The van der Waals surface area contributed by atoms with Crippen molar-refractivity contribution in [3.05, 3.63) is 42.0 Å². The molecule has 0 atom stereocenters. The van der Waals surface area contributed by atoms with Crippen molar-refractivity contribution in [2.75, 3.05) is 25.1 Å². The molecular weight excluding hydrogens is 268 g/mol. The molecule has 1 aromatic carbocycles. The Hall–Kier alpha value is -2.70. The third-order valence-electron chi connectivity index (χ3n) is 3.22. The highest BCUT2D eigenvalue weighted by Crippen LogP contribution is 2.16. The van der Waals surface area contributed by atoms with Gasteiger partial charge in [0, 0.05) is 7.05 Å². The minimum absolute atomic E-state index is 0.580. The highest BCUT2D eigenvalue weighted by atomic mass is 16.5. The average molecular weight is 284 g/mol. The monoisotopic (exact) mass is 284 g/mol. The zero-order valence-electron chi connectivity index (χ0n) is 12.0. The summed E-state index contributed by atoms with van der Waals surface area (Å²) in [5, 5.41) is 15.5. The second-order valence-electron chi connectivity index (χ2n) is 4.75. The molecule has 2 heterocycles. The van der Waals surface area contributed by atoms with Crippen LogP contribution in [-0.4, -0.2) is 45.5 Å². The Morgan fingerprint density at radius 2 is 2.05 bits per heavy atom. The Bertz CT molecular complexity index is 741. The third-order valence-corrected chi connectivity index (χ3v) is 3.22. The third kappa shape index (κ3) is 2.91.